The van der Waals surface area contributed by atoms with Crippen LogP contribution in [-0.4, -0.2) is 15.3 Å². The molecule has 0 aliphatic heterocycles. The van der Waals surface area contributed by atoms with Crippen molar-refractivity contribution in [3.8, 4) is 0 Å². The Balaban J connectivity index is 2.60. The number of Topliss-reactive ketones (excluding diaryl/α,β-unsaturated/α-hetero) is 1. The molecule has 72 valence electrons. The molecule has 0 bridgehead atoms. The predicted molar refractivity (Wildman–Crippen MR) is 51.4 cm³/mol. The van der Waals surface area contributed by atoms with Crippen molar-refractivity contribution in [1.82, 2.24) is 9.55 Å². The molecule has 0 spiro atoms. The van der Waals surface area contributed by atoms with Gasteiger partial charge >= 0.3 is 0 Å². The molecule has 1 atom stereocenters. The standard InChI is InChI=1S/C10H16N2O/c1-4-8(2)9(13)7-10-11-5-6-12(10)3/h5-6,8H,4,7H2,1-3H3. The largest absolute Gasteiger partial charge is 0.338 e. The Morgan fingerprint density at radius 1 is 1.69 bits per heavy atom. The number of ketones is 1. The lowest BCUT2D eigenvalue weighted by Gasteiger charge is -2.06. The van der Waals surface area contributed by atoms with Gasteiger partial charge in [-0.3, -0.25) is 4.79 Å². The predicted octanol–water partition coefficient (Wildman–Crippen LogP) is 1.58. The van der Waals surface area contributed by atoms with E-state index in [9.17, 15) is 4.79 Å². The second kappa shape index (κ2) is 4.21. The molecule has 3 heteroatoms. The first-order valence-electron chi connectivity index (χ1n) is 4.64. The van der Waals surface area contributed by atoms with Gasteiger partial charge < -0.3 is 4.57 Å². The fourth-order valence-electron chi connectivity index (χ4n) is 1.12. The van der Waals surface area contributed by atoms with E-state index < -0.39 is 0 Å². The molecular weight excluding hydrogens is 164 g/mol. The summed E-state index contributed by atoms with van der Waals surface area (Å²) < 4.78 is 1.89. The number of nitrogens with zero attached hydrogens (tertiary/aromatic N) is 2. The molecule has 0 radical (unpaired) electrons. The van der Waals surface area contributed by atoms with Gasteiger partial charge in [0.05, 0.1) is 6.42 Å². The van der Waals surface area contributed by atoms with E-state index in [-0.39, 0.29) is 11.7 Å². The molecule has 0 aliphatic carbocycles. The first-order chi connectivity index (χ1) is 6.15. The minimum atomic E-state index is 0.150. The second-order valence-corrected chi connectivity index (χ2v) is 3.41. The molecule has 1 rings (SSSR count). The number of carbonyl (C=O) groups excluding carboxylic acids is 1. The van der Waals surface area contributed by atoms with Crippen molar-refractivity contribution in [3.63, 3.8) is 0 Å². The molecule has 1 heterocycles. The summed E-state index contributed by atoms with van der Waals surface area (Å²) in [7, 11) is 1.91. The fourth-order valence-corrected chi connectivity index (χ4v) is 1.12. The Labute approximate surface area is 78.8 Å². The molecule has 1 aromatic rings. The molecule has 0 fully saturated rings. The topological polar surface area (TPSA) is 34.9 Å². The van der Waals surface area contributed by atoms with Crippen LogP contribution in [0.2, 0.25) is 0 Å². The number of hydrogen-bond acceptors (Lipinski definition) is 2. The minimum absolute atomic E-state index is 0.150. The number of aromatic nitrogens is 2. The molecule has 13 heavy (non-hydrogen) atoms. The lowest BCUT2D eigenvalue weighted by atomic mass is 10.0. The van der Waals surface area contributed by atoms with E-state index in [2.05, 4.69) is 4.98 Å². The average Bonchev–Trinajstić information content (AvgIpc) is 2.50. The molecule has 1 aromatic heterocycles. The number of aryl methyl sites for hydroxylation is 1. The fraction of sp³-hybridized carbons (Fsp3) is 0.600. The Hall–Kier alpha value is -1.12. The van der Waals surface area contributed by atoms with Crippen molar-refractivity contribution in [2.75, 3.05) is 0 Å². The third kappa shape index (κ3) is 2.41. The number of hydrogen-bond donors (Lipinski definition) is 0. The third-order valence-electron chi connectivity index (χ3n) is 2.42. The summed E-state index contributed by atoms with van der Waals surface area (Å²) in [6.45, 7) is 3.99. The van der Waals surface area contributed by atoms with E-state index >= 15 is 0 Å². The Morgan fingerprint density at radius 3 is 2.85 bits per heavy atom. The van der Waals surface area contributed by atoms with Crippen LogP contribution in [0.5, 0.6) is 0 Å². The van der Waals surface area contributed by atoms with E-state index in [1.54, 1.807) is 6.20 Å². The van der Waals surface area contributed by atoms with Gasteiger partial charge in [-0.1, -0.05) is 13.8 Å². The summed E-state index contributed by atoms with van der Waals surface area (Å²) in [5, 5.41) is 0. The first kappa shape index (κ1) is 9.96. The van der Waals surface area contributed by atoms with Gasteiger partial charge in [0.25, 0.3) is 0 Å². The number of carbonyl (C=O) groups is 1. The maximum atomic E-state index is 11.5. The van der Waals surface area contributed by atoms with Gasteiger partial charge in [0.2, 0.25) is 0 Å². The summed E-state index contributed by atoms with van der Waals surface area (Å²) in [5.41, 5.74) is 0. The van der Waals surface area contributed by atoms with Crippen LogP contribution in [0.15, 0.2) is 12.4 Å². The molecule has 0 aromatic carbocycles. The van der Waals surface area contributed by atoms with Crippen LogP contribution in [0.25, 0.3) is 0 Å². The van der Waals surface area contributed by atoms with Crippen molar-refractivity contribution in [2.24, 2.45) is 13.0 Å². The highest BCUT2D eigenvalue weighted by Crippen LogP contribution is 2.06. The van der Waals surface area contributed by atoms with Gasteiger partial charge in [0.15, 0.2) is 0 Å². The maximum Gasteiger partial charge on any atom is 0.143 e. The molecule has 1 unspecified atom stereocenters. The van der Waals surface area contributed by atoms with E-state index in [1.165, 1.54) is 0 Å². The van der Waals surface area contributed by atoms with Crippen LogP contribution in [0, 0.1) is 5.92 Å². The van der Waals surface area contributed by atoms with Crippen LogP contribution >= 0.6 is 0 Å². The van der Waals surface area contributed by atoms with Crippen LogP contribution in [-0.2, 0) is 18.3 Å². The van der Waals surface area contributed by atoms with Gasteiger partial charge in [-0.15, -0.1) is 0 Å². The molecule has 0 N–H and O–H groups in total. The van der Waals surface area contributed by atoms with Crippen LogP contribution < -0.4 is 0 Å². The van der Waals surface area contributed by atoms with Crippen LogP contribution in [0.1, 0.15) is 26.1 Å². The van der Waals surface area contributed by atoms with Gasteiger partial charge in [-0.2, -0.15) is 0 Å². The normalized spacial score (nSPS) is 12.8. The van der Waals surface area contributed by atoms with E-state index in [0.29, 0.717) is 6.42 Å². The van der Waals surface area contributed by atoms with Crippen LogP contribution in [0.3, 0.4) is 0 Å². The van der Waals surface area contributed by atoms with Crippen molar-refractivity contribution in [2.45, 2.75) is 26.7 Å². The molecular formula is C10H16N2O. The summed E-state index contributed by atoms with van der Waals surface area (Å²) >= 11 is 0. The van der Waals surface area contributed by atoms with Gasteiger partial charge in [0.1, 0.15) is 11.6 Å². The number of rotatable bonds is 4. The Bertz CT molecular complexity index is 291. The summed E-state index contributed by atoms with van der Waals surface area (Å²) in [6, 6.07) is 0. The van der Waals surface area contributed by atoms with E-state index in [1.807, 2.05) is 31.7 Å². The molecule has 0 saturated carbocycles. The smallest absolute Gasteiger partial charge is 0.143 e. The van der Waals surface area contributed by atoms with Crippen molar-refractivity contribution in [3.05, 3.63) is 18.2 Å². The zero-order valence-corrected chi connectivity index (χ0v) is 8.45. The highest BCUT2D eigenvalue weighted by molar-refractivity contribution is 5.82. The molecule has 0 aliphatic rings. The summed E-state index contributed by atoms with van der Waals surface area (Å²) in [5.74, 6) is 1.28. The summed E-state index contributed by atoms with van der Waals surface area (Å²) in [4.78, 5) is 15.7. The van der Waals surface area contributed by atoms with Crippen molar-refractivity contribution in [1.29, 1.82) is 0 Å². The highest BCUT2D eigenvalue weighted by atomic mass is 16.1. The Kier molecular flexibility index (Phi) is 3.23. The van der Waals surface area contributed by atoms with Gasteiger partial charge in [0, 0.05) is 25.4 Å². The monoisotopic (exact) mass is 180 g/mol. The average molecular weight is 180 g/mol. The van der Waals surface area contributed by atoms with E-state index in [0.717, 1.165) is 12.2 Å². The quantitative estimate of drug-likeness (QED) is 0.705. The molecule has 0 saturated heterocycles. The minimum Gasteiger partial charge on any atom is -0.338 e. The molecule has 3 nitrogen and oxygen atoms in total. The first-order valence-corrected chi connectivity index (χ1v) is 4.64. The van der Waals surface area contributed by atoms with Crippen LogP contribution in [0.4, 0.5) is 0 Å². The third-order valence-corrected chi connectivity index (χ3v) is 2.42. The zero-order valence-electron chi connectivity index (χ0n) is 8.45. The Morgan fingerprint density at radius 2 is 2.38 bits per heavy atom. The van der Waals surface area contributed by atoms with Crippen molar-refractivity contribution >= 4 is 5.78 Å². The van der Waals surface area contributed by atoms with E-state index in [4.69, 9.17) is 0 Å². The lowest BCUT2D eigenvalue weighted by Crippen LogP contribution is -2.15. The lowest BCUT2D eigenvalue weighted by molar-refractivity contribution is -0.121. The van der Waals surface area contributed by atoms with Gasteiger partial charge in [-0.25, -0.2) is 4.98 Å². The van der Waals surface area contributed by atoms with Crippen molar-refractivity contribution < 1.29 is 4.79 Å². The SMILES string of the molecule is CCC(C)C(=O)Cc1nccn1C. The second-order valence-electron chi connectivity index (χ2n) is 3.41. The van der Waals surface area contributed by atoms with Gasteiger partial charge in [-0.05, 0) is 6.42 Å². The molecule has 0 amide bonds. The zero-order chi connectivity index (χ0) is 9.84. The highest BCUT2D eigenvalue weighted by Gasteiger charge is 2.13. The number of imidazole rings is 1. The summed E-state index contributed by atoms with van der Waals surface area (Å²) in [6.07, 6.45) is 4.94. The maximum absolute atomic E-state index is 11.5.